The Morgan fingerprint density at radius 3 is 2.55 bits per heavy atom. The lowest BCUT2D eigenvalue weighted by atomic mass is 9.95. The second-order valence-corrected chi connectivity index (χ2v) is 8.69. The number of hydrogen-bond donors (Lipinski definition) is 2. The van der Waals surface area contributed by atoms with Crippen LogP contribution in [0, 0.1) is 0 Å². The molecular formula is C20H24N2O6S. The number of nitrogens with zero attached hydrogens (tertiary/aromatic N) is 1. The lowest BCUT2D eigenvalue weighted by molar-refractivity contribution is -0.141. The van der Waals surface area contributed by atoms with E-state index < -0.39 is 22.0 Å². The fraction of sp³-hybridized carbons (Fsp3) is 0.350. The summed E-state index contributed by atoms with van der Waals surface area (Å²) in [5.41, 5.74) is 7.82. The van der Waals surface area contributed by atoms with Gasteiger partial charge in [-0.15, -0.1) is 0 Å². The summed E-state index contributed by atoms with van der Waals surface area (Å²) >= 11 is 0. The third kappa shape index (κ3) is 4.69. The van der Waals surface area contributed by atoms with Gasteiger partial charge in [0.05, 0.1) is 11.5 Å². The maximum Gasteiger partial charge on any atom is 0.322 e. The average Bonchev–Trinajstić information content (AvgIpc) is 2.70. The molecule has 0 bridgehead atoms. The Morgan fingerprint density at radius 2 is 1.90 bits per heavy atom. The fourth-order valence-electron chi connectivity index (χ4n) is 3.28. The van der Waals surface area contributed by atoms with E-state index in [-0.39, 0.29) is 17.9 Å². The van der Waals surface area contributed by atoms with Crippen molar-refractivity contribution in [2.75, 3.05) is 26.1 Å². The number of methoxy groups -OCH3 is 1. The van der Waals surface area contributed by atoms with E-state index in [2.05, 4.69) is 0 Å². The number of carboxylic acids is 1. The van der Waals surface area contributed by atoms with Gasteiger partial charge >= 0.3 is 5.97 Å². The van der Waals surface area contributed by atoms with Gasteiger partial charge in [0.1, 0.15) is 11.8 Å². The van der Waals surface area contributed by atoms with Crippen molar-refractivity contribution >= 4 is 21.7 Å². The lowest BCUT2D eigenvalue weighted by Crippen LogP contribution is -2.48. The quantitative estimate of drug-likeness (QED) is 0.494. The van der Waals surface area contributed by atoms with Gasteiger partial charge in [-0.3, -0.25) is 4.79 Å². The number of ether oxygens (including phenoxy) is 2. The Morgan fingerprint density at radius 1 is 1.17 bits per heavy atom. The Kier molecular flexibility index (Phi) is 6.41. The van der Waals surface area contributed by atoms with Crippen LogP contribution in [-0.4, -0.2) is 50.2 Å². The number of nitrogens with two attached hydrogens (primary N) is 1. The second-order valence-electron chi connectivity index (χ2n) is 6.80. The van der Waals surface area contributed by atoms with Crippen molar-refractivity contribution in [3.63, 3.8) is 0 Å². The van der Waals surface area contributed by atoms with Crippen molar-refractivity contribution in [2.45, 2.75) is 30.3 Å². The molecule has 29 heavy (non-hydrogen) atoms. The molecule has 8 nitrogen and oxygen atoms in total. The Hall–Kier alpha value is -2.62. The Labute approximate surface area is 169 Å². The Balaban J connectivity index is 1.84. The van der Waals surface area contributed by atoms with E-state index in [0.29, 0.717) is 36.6 Å². The molecular weight excluding hydrogens is 396 g/mol. The molecule has 0 spiro atoms. The molecule has 2 aromatic rings. The number of nitrogen functional groups attached to an aromatic ring is 1. The molecule has 1 aliphatic rings. The first-order chi connectivity index (χ1) is 13.8. The zero-order valence-electron chi connectivity index (χ0n) is 16.1. The van der Waals surface area contributed by atoms with Gasteiger partial charge in [0.25, 0.3) is 0 Å². The predicted octanol–water partition coefficient (Wildman–Crippen LogP) is 1.88. The summed E-state index contributed by atoms with van der Waals surface area (Å²) in [5.74, 6) is -0.652. The molecule has 0 aliphatic carbocycles. The van der Waals surface area contributed by atoms with Crippen LogP contribution >= 0.6 is 0 Å². The topological polar surface area (TPSA) is 119 Å². The first-order valence-corrected chi connectivity index (χ1v) is 10.6. The summed E-state index contributed by atoms with van der Waals surface area (Å²) in [6, 6.07) is 9.92. The SMILES string of the molecule is COCCCOc1ccc(S(=O)(=O)N2Cc3cc(N)ccc3C[C@@H]2C(=O)O)cc1. The van der Waals surface area contributed by atoms with Crippen molar-refractivity contribution in [2.24, 2.45) is 0 Å². The summed E-state index contributed by atoms with van der Waals surface area (Å²) < 4.78 is 37.9. The van der Waals surface area contributed by atoms with Gasteiger partial charge in [0.2, 0.25) is 10.0 Å². The second kappa shape index (κ2) is 8.81. The molecule has 2 aromatic carbocycles. The molecule has 0 saturated carbocycles. The maximum atomic E-state index is 13.2. The van der Waals surface area contributed by atoms with E-state index in [4.69, 9.17) is 15.2 Å². The first-order valence-electron chi connectivity index (χ1n) is 9.16. The van der Waals surface area contributed by atoms with Gasteiger partial charge in [0.15, 0.2) is 0 Å². The third-order valence-corrected chi connectivity index (χ3v) is 6.66. The lowest BCUT2D eigenvalue weighted by Gasteiger charge is -2.33. The molecule has 1 aliphatic heterocycles. The Bertz CT molecular complexity index is 975. The molecule has 0 amide bonds. The van der Waals surface area contributed by atoms with Crippen molar-refractivity contribution in [3.05, 3.63) is 53.6 Å². The minimum Gasteiger partial charge on any atom is -0.494 e. The molecule has 1 atom stereocenters. The molecule has 0 saturated heterocycles. The van der Waals surface area contributed by atoms with Crippen molar-refractivity contribution in [3.8, 4) is 5.75 Å². The van der Waals surface area contributed by atoms with Crippen LogP contribution in [0.4, 0.5) is 5.69 Å². The molecule has 3 rings (SSSR count). The normalized spacial score (nSPS) is 16.9. The molecule has 0 aromatic heterocycles. The first kappa shape index (κ1) is 21.1. The summed E-state index contributed by atoms with van der Waals surface area (Å²) in [6.07, 6.45) is 0.804. The number of carboxylic acid groups (broad SMARTS) is 1. The number of carbonyl (C=O) groups is 1. The molecule has 9 heteroatoms. The van der Waals surface area contributed by atoms with E-state index >= 15 is 0 Å². The minimum absolute atomic E-state index is 0.0142. The number of aliphatic carboxylic acids is 1. The summed E-state index contributed by atoms with van der Waals surface area (Å²) in [6.45, 7) is 0.976. The van der Waals surface area contributed by atoms with Crippen LogP contribution in [0.1, 0.15) is 17.5 Å². The number of benzene rings is 2. The van der Waals surface area contributed by atoms with E-state index in [0.717, 1.165) is 9.87 Å². The molecule has 0 unspecified atom stereocenters. The highest BCUT2D eigenvalue weighted by Gasteiger charge is 2.39. The van der Waals surface area contributed by atoms with Gasteiger partial charge in [-0.2, -0.15) is 4.31 Å². The van der Waals surface area contributed by atoms with E-state index in [1.54, 1.807) is 37.4 Å². The third-order valence-electron chi connectivity index (χ3n) is 4.79. The number of rotatable bonds is 8. The van der Waals surface area contributed by atoms with Crippen LogP contribution in [-0.2, 0) is 32.5 Å². The molecule has 3 N–H and O–H groups in total. The minimum atomic E-state index is -4.02. The molecule has 1 heterocycles. The highest BCUT2D eigenvalue weighted by atomic mass is 32.2. The summed E-state index contributed by atoms with van der Waals surface area (Å²) in [7, 11) is -2.41. The highest BCUT2D eigenvalue weighted by molar-refractivity contribution is 7.89. The van der Waals surface area contributed by atoms with E-state index in [1.165, 1.54) is 12.1 Å². The van der Waals surface area contributed by atoms with Crippen molar-refractivity contribution in [1.29, 1.82) is 0 Å². The molecule has 0 fully saturated rings. The highest BCUT2D eigenvalue weighted by Crippen LogP contribution is 2.31. The van der Waals surface area contributed by atoms with Gasteiger partial charge < -0.3 is 20.3 Å². The van der Waals surface area contributed by atoms with Crippen LogP contribution in [0.15, 0.2) is 47.4 Å². The predicted molar refractivity (Wildman–Crippen MR) is 107 cm³/mol. The van der Waals surface area contributed by atoms with Gasteiger partial charge in [-0.05, 0) is 47.5 Å². The van der Waals surface area contributed by atoms with Crippen molar-refractivity contribution in [1.82, 2.24) is 4.31 Å². The molecule has 156 valence electrons. The number of sulfonamides is 1. The fourth-order valence-corrected chi connectivity index (χ4v) is 4.84. The van der Waals surface area contributed by atoms with Crippen LogP contribution in [0.2, 0.25) is 0 Å². The van der Waals surface area contributed by atoms with Gasteiger partial charge in [-0.25, -0.2) is 8.42 Å². The van der Waals surface area contributed by atoms with E-state index in [1.807, 2.05) is 0 Å². The zero-order valence-corrected chi connectivity index (χ0v) is 16.9. The smallest absolute Gasteiger partial charge is 0.322 e. The van der Waals surface area contributed by atoms with Gasteiger partial charge in [-0.1, -0.05) is 6.07 Å². The van der Waals surface area contributed by atoms with Crippen LogP contribution < -0.4 is 10.5 Å². The standard InChI is InChI=1S/C20H24N2O6S/c1-27-9-2-10-28-17-5-7-18(8-6-17)29(25,26)22-13-15-11-16(21)4-3-14(15)12-19(22)20(23)24/h3-8,11,19H,2,9-10,12-13,21H2,1H3,(H,23,24)/t19-/m1/s1. The maximum absolute atomic E-state index is 13.2. The van der Waals surface area contributed by atoms with Crippen LogP contribution in [0.3, 0.4) is 0 Å². The number of anilines is 1. The van der Waals surface area contributed by atoms with E-state index in [9.17, 15) is 18.3 Å². The zero-order chi connectivity index (χ0) is 21.0. The van der Waals surface area contributed by atoms with Crippen LogP contribution in [0.5, 0.6) is 5.75 Å². The summed E-state index contributed by atoms with van der Waals surface area (Å²) in [5, 5.41) is 9.62. The number of hydrogen-bond acceptors (Lipinski definition) is 6. The monoisotopic (exact) mass is 420 g/mol. The van der Waals surface area contributed by atoms with Gasteiger partial charge in [0, 0.05) is 38.8 Å². The average molecular weight is 420 g/mol. The van der Waals surface area contributed by atoms with Crippen molar-refractivity contribution < 1.29 is 27.8 Å². The van der Waals surface area contributed by atoms with Crippen LogP contribution in [0.25, 0.3) is 0 Å². The number of fused-ring (bicyclic) bond motifs is 1. The largest absolute Gasteiger partial charge is 0.494 e. The molecule has 0 radical (unpaired) electrons. The summed E-state index contributed by atoms with van der Waals surface area (Å²) in [4.78, 5) is 11.8.